The molecule has 0 aliphatic heterocycles. The maximum absolute atomic E-state index is 13.9. The van der Waals surface area contributed by atoms with Crippen molar-refractivity contribution in [2.24, 2.45) is 5.73 Å². The molecule has 2 aromatic rings. The van der Waals surface area contributed by atoms with Gasteiger partial charge >= 0.3 is 0 Å². The van der Waals surface area contributed by atoms with Gasteiger partial charge < -0.3 is 10.3 Å². The van der Waals surface area contributed by atoms with E-state index < -0.39 is 34.8 Å². The van der Waals surface area contributed by atoms with E-state index in [4.69, 9.17) is 5.73 Å². The molecule has 0 amide bonds. The minimum Gasteiger partial charge on any atom is -0.324 e. The summed E-state index contributed by atoms with van der Waals surface area (Å²) in [5, 5.41) is 0. The SMILES string of the molecule is NC1CCCc2c1ccn2-c1c(F)c(F)c(F)c(F)c1F. The van der Waals surface area contributed by atoms with Crippen LogP contribution in [0, 0.1) is 29.1 Å². The zero-order valence-corrected chi connectivity index (χ0v) is 10.8. The van der Waals surface area contributed by atoms with Crippen LogP contribution in [-0.4, -0.2) is 4.57 Å². The lowest BCUT2D eigenvalue weighted by atomic mass is 9.93. The van der Waals surface area contributed by atoms with Crippen LogP contribution in [0.1, 0.15) is 30.1 Å². The van der Waals surface area contributed by atoms with Crippen LogP contribution in [0.3, 0.4) is 0 Å². The number of fused-ring (bicyclic) bond motifs is 1. The van der Waals surface area contributed by atoms with Crippen LogP contribution in [0.2, 0.25) is 0 Å². The Bertz CT molecular complexity index is 694. The summed E-state index contributed by atoms with van der Waals surface area (Å²) in [7, 11) is 0. The van der Waals surface area contributed by atoms with Gasteiger partial charge in [0.05, 0.1) is 0 Å². The topological polar surface area (TPSA) is 30.9 Å². The Morgan fingerprint density at radius 1 is 0.952 bits per heavy atom. The maximum atomic E-state index is 13.9. The molecule has 112 valence electrons. The van der Waals surface area contributed by atoms with Crippen LogP contribution in [0.4, 0.5) is 22.0 Å². The van der Waals surface area contributed by atoms with Gasteiger partial charge in [0.15, 0.2) is 23.3 Å². The van der Waals surface area contributed by atoms with Crippen molar-refractivity contribution < 1.29 is 22.0 Å². The second-order valence-electron chi connectivity index (χ2n) is 5.01. The molecule has 1 unspecified atom stereocenters. The Hall–Kier alpha value is -1.89. The van der Waals surface area contributed by atoms with Gasteiger partial charge in [-0.15, -0.1) is 0 Å². The van der Waals surface area contributed by atoms with Crippen LogP contribution >= 0.6 is 0 Å². The average Bonchev–Trinajstić information content (AvgIpc) is 2.89. The third-order valence-corrected chi connectivity index (χ3v) is 3.78. The van der Waals surface area contributed by atoms with Crippen LogP contribution in [0.25, 0.3) is 5.69 Å². The zero-order valence-electron chi connectivity index (χ0n) is 10.8. The molecule has 2 nitrogen and oxygen atoms in total. The molecule has 21 heavy (non-hydrogen) atoms. The molecule has 0 spiro atoms. The van der Waals surface area contributed by atoms with Crippen molar-refractivity contribution in [3.05, 3.63) is 52.6 Å². The van der Waals surface area contributed by atoms with E-state index >= 15 is 0 Å². The van der Waals surface area contributed by atoms with Crippen molar-refractivity contribution in [1.82, 2.24) is 4.57 Å². The molecule has 0 saturated heterocycles. The highest BCUT2D eigenvalue weighted by atomic mass is 19.2. The van der Waals surface area contributed by atoms with E-state index in [1.54, 1.807) is 6.07 Å². The highest BCUT2D eigenvalue weighted by Crippen LogP contribution is 2.33. The van der Waals surface area contributed by atoms with E-state index in [1.807, 2.05) is 0 Å². The molecule has 0 bridgehead atoms. The quantitative estimate of drug-likeness (QED) is 0.488. The first kappa shape index (κ1) is 14.1. The van der Waals surface area contributed by atoms with Crippen molar-refractivity contribution in [2.45, 2.75) is 25.3 Å². The van der Waals surface area contributed by atoms with E-state index in [2.05, 4.69) is 0 Å². The summed E-state index contributed by atoms with van der Waals surface area (Å²) in [6.07, 6.45) is 3.16. The van der Waals surface area contributed by atoms with Crippen molar-refractivity contribution in [1.29, 1.82) is 0 Å². The Morgan fingerprint density at radius 3 is 2.14 bits per heavy atom. The third kappa shape index (κ3) is 1.95. The van der Waals surface area contributed by atoms with Crippen LogP contribution in [0.15, 0.2) is 12.3 Å². The van der Waals surface area contributed by atoms with Gasteiger partial charge in [-0.25, -0.2) is 22.0 Å². The van der Waals surface area contributed by atoms with Crippen molar-refractivity contribution >= 4 is 0 Å². The summed E-state index contributed by atoms with van der Waals surface area (Å²) in [6.45, 7) is 0. The first-order valence-corrected chi connectivity index (χ1v) is 6.41. The van der Waals surface area contributed by atoms with Crippen LogP contribution in [-0.2, 0) is 6.42 Å². The molecule has 1 heterocycles. The monoisotopic (exact) mass is 302 g/mol. The smallest absolute Gasteiger partial charge is 0.200 e. The molecule has 1 aliphatic rings. The number of nitrogens with zero attached hydrogens (tertiary/aromatic N) is 1. The van der Waals surface area contributed by atoms with Crippen LogP contribution < -0.4 is 5.73 Å². The number of hydrogen-bond acceptors (Lipinski definition) is 1. The van der Waals surface area contributed by atoms with Crippen molar-refractivity contribution in [3.63, 3.8) is 0 Å². The summed E-state index contributed by atoms with van der Waals surface area (Å²) in [4.78, 5) is 0. The number of rotatable bonds is 1. The molecule has 1 aromatic carbocycles. The first-order chi connectivity index (χ1) is 9.93. The number of halogens is 5. The lowest BCUT2D eigenvalue weighted by Crippen LogP contribution is -2.19. The molecule has 7 heteroatoms. The fraction of sp³-hybridized carbons (Fsp3) is 0.286. The Labute approximate surface area is 117 Å². The first-order valence-electron chi connectivity index (χ1n) is 6.41. The standard InChI is InChI=1S/C14H11F5N2/c15-9-10(16)12(18)14(13(19)11(9)17)21-5-4-6-7(20)2-1-3-8(6)21/h4-5,7H,1-3,20H2. The number of hydrogen-bond donors (Lipinski definition) is 1. The van der Waals surface area contributed by atoms with Gasteiger partial charge in [0.25, 0.3) is 0 Å². The molecule has 2 N–H and O–H groups in total. The van der Waals surface area contributed by atoms with Gasteiger partial charge in [-0.05, 0) is 30.9 Å². The third-order valence-electron chi connectivity index (χ3n) is 3.78. The second-order valence-corrected chi connectivity index (χ2v) is 5.01. The molecule has 1 aromatic heterocycles. The second kappa shape index (κ2) is 4.84. The Balaban J connectivity index is 2.28. The van der Waals surface area contributed by atoms with E-state index in [-0.39, 0.29) is 6.04 Å². The summed E-state index contributed by atoms with van der Waals surface area (Å²) in [6, 6.07) is 1.26. The highest BCUT2D eigenvalue weighted by Gasteiger charge is 2.29. The molecule has 1 aliphatic carbocycles. The van der Waals surface area contributed by atoms with Gasteiger partial charge in [-0.1, -0.05) is 0 Å². The lowest BCUT2D eigenvalue weighted by Gasteiger charge is -2.21. The molecule has 3 rings (SSSR count). The van der Waals surface area contributed by atoms with Gasteiger partial charge in [-0.3, -0.25) is 0 Å². The lowest BCUT2D eigenvalue weighted by molar-refractivity contribution is 0.375. The summed E-state index contributed by atoms with van der Waals surface area (Å²) in [5.41, 5.74) is 6.09. The average molecular weight is 302 g/mol. The van der Waals surface area contributed by atoms with Crippen LogP contribution in [0.5, 0.6) is 0 Å². The van der Waals surface area contributed by atoms with E-state index in [0.717, 1.165) is 4.57 Å². The van der Waals surface area contributed by atoms with E-state index in [1.165, 1.54) is 6.20 Å². The maximum Gasteiger partial charge on any atom is 0.200 e. The predicted molar refractivity (Wildman–Crippen MR) is 65.4 cm³/mol. The molecule has 0 radical (unpaired) electrons. The minimum absolute atomic E-state index is 0.295. The van der Waals surface area contributed by atoms with Crippen molar-refractivity contribution in [2.75, 3.05) is 0 Å². The van der Waals surface area contributed by atoms with Crippen molar-refractivity contribution in [3.8, 4) is 5.69 Å². The van der Waals surface area contributed by atoms with E-state index in [9.17, 15) is 22.0 Å². The summed E-state index contributed by atoms with van der Waals surface area (Å²) in [5.74, 6) is -9.75. The summed E-state index contributed by atoms with van der Waals surface area (Å²) < 4.78 is 68.4. The fourth-order valence-corrected chi connectivity index (χ4v) is 2.74. The largest absolute Gasteiger partial charge is 0.324 e. The minimum atomic E-state index is -2.16. The number of benzene rings is 1. The van der Waals surface area contributed by atoms with Gasteiger partial charge in [0, 0.05) is 17.9 Å². The molecule has 1 atom stereocenters. The zero-order chi connectivity index (χ0) is 15.3. The summed E-state index contributed by atoms with van der Waals surface area (Å²) >= 11 is 0. The number of aromatic nitrogens is 1. The fourth-order valence-electron chi connectivity index (χ4n) is 2.74. The molecule has 0 fully saturated rings. The molecular weight excluding hydrogens is 291 g/mol. The molecule has 0 saturated carbocycles. The normalized spacial score (nSPS) is 17.9. The van der Waals surface area contributed by atoms with Gasteiger partial charge in [0.1, 0.15) is 5.69 Å². The number of nitrogens with two attached hydrogens (primary N) is 1. The predicted octanol–water partition coefficient (Wildman–Crippen LogP) is 3.51. The highest BCUT2D eigenvalue weighted by molar-refractivity contribution is 5.43. The Morgan fingerprint density at radius 2 is 1.52 bits per heavy atom. The molecular formula is C14H11F5N2. The van der Waals surface area contributed by atoms with Gasteiger partial charge in [0.2, 0.25) is 5.82 Å². The van der Waals surface area contributed by atoms with Gasteiger partial charge in [-0.2, -0.15) is 0 Å². The Kier molecular flexibility index (Phi) is 3.24. The van der Waals surface area contributed by atoms with E-state index in [0.29, 0.717) is 30.5 Å².